The van der Waals surface area contributed by atoms with Crippen LogP contribution in [0.5, 0.6) is 0 Å². The lowest BCUT2D eigenvalue weighted by molar-refractivity contribution is -0.141. The van der Waals surface area contributed by atoms with Crippen LogP contribution in [0.3, 0.4) is 0 Å². The monoisotopic (exact) mass is 201 g/mol. The third-order valence-electron chi connectivity index (χ3n) is 2.48. The lowest BCUT2D eigenvalue weighted by atomic mass is 9.92. The standard InChI is InChI=1S/C11H23NO2/c1-8(10(13)14)9(2)12-7-6-11(3,4)5/h8-9,12H,6-7H2,1-5H3,(H,13,14). The molecule has 14 heavy (non-hydrogen) atoms. The van der Waals surface area contributed by atoms with E-state index in [1.54, 1.807) is 6.92 Å². The third-order valence-corrected chi connectivity index (χ3v) is 2.48. The van der Waals surface area contributed by atoms with Crippen LogP contribution >= 0.6 is 0 Å². The van der Waals surface area contributed by atoms with Crippen LogP contribution in [0.1, 0.15) is 41.0 Å². The minimum atomic E-state index is -0.735. The topological polar surface area (TPSA) is 49.3 Å². The zero-order valence-electron chi connectivity index (χ0n) is 9.92. The molecule has 0 heterocycles. The summed E-state index contributed by atoms with van der Waals surface area (Å²) in [7, 11) is 0. The highest BCUT2D eigenvalue weighted by atomic mass is 16.4. The highest BCUT2D eigenvalue weighted by Gasteiger charge is 2.19. The molecule has 0 aromatic carbocycles. The van der Waals surface area contributed by atoms with Crippen molar-refractivity contribution >= 4 is 5.97 Å². The first-order chi connectivity index (χ1) is 6.24. The Hall–Kier alpha value is -0.570. The molecule has 2 N–H and O–H groups in total. The summed E-state index contributed by atoms with van der Waals surface area (Å²) in [6, 6.07) is 0.0369. The summed E-state index contributed by atoms with van der Waals surface area (Å²) in [6.45, 7) is 11.1. The second-order valence-corrected chi connectivity index (χ2v) is 5.18. The molecule has 0 amide bonds. The summed E-state index contributed by atoms with van der Waals surface area (Å²) in [4.78, 5) is 10.7. The van der Waals surface area contributed by atoms with Crippen LogP contribution in [-0.4, -0.2) is 23.7 Å². The Morgan fingerprint density at radius 3 is 2.21 bits per heavy atom. The van der Waals surface area contributed by atoms with Gasteiger partial charge in [0, 0.05) is 6.04 Å². The number of rotatable bonds is 5. The SMILES string of the molecule is CC(NCCC(C)(C)C)C(C)C(=O)O. The number of hydrogen-bond acceptors (Lipinski definition) is 2. The highest BCUT2D eigenvalue weighted by molar-refractivity contribution is 5.70. The van der Waals surface area contributed by atoms with E-state index in [2.05, 4.69) is 26.1 Å². The fraction of sp³-hybridized carbons (Fsp3) is 0.909. The van der Waals surface area contributed by atoms with E-state index in [4.69, 9.17) is 5.11 Å². The van der Waals surface area contributed by atoms with Crippen LogP contribution in [0.25, 0.3) is 0 Å². The van der Waals surface area contributed by atoms with Gasteiger partial charge in [-0.15, -0.1) is 0 Å². The first-order valence-corrected chi connectivity index (χ1v) is 5.20. The van der Waals surface area contributed by atoms with Crippen LogP contribution in [-0.2, 0) is 4.79 Å². The smallest absolute Gasteiger partial charge is 0.307 e. The Morgan fingerprint density at radius 1 is 1.36 bits per heavy atom. The maximum absolute atomic E-state index is 10.7. The molecule has 2 unspecified atom stereocenters. The van der Waals surface area contributed by atoms with Crippen LogP contribution in [0.4, 0.5) is 0 Å². The molecule has 3 heteroatoms. The molecule has 84 valence electrons. The number of carboxylic acids is 1. The number of hydrogen-bond donors (Lipinski definition) is 2. The Bertz CT molecular complexity index is 184. The molecule has 0 radical (unpaired) electrons. The second-order valence-electron chi connectivity index (χ2n) is 5.18. The average Bonchev–Trinajstić information content (AvgIpc) is 2.00. The van der Waals surface area contributed by atoms with Gasteiger partial charge in [-0.05, 0) is 25.3 Å². The van der Waals surface area contributed by atoms with E-state index in [1.165, 1.54) is 0 Å². The van der Waals surface area contributed by atoms with Crippen molar-refractivity contribution in [3.8, 4) is 0 Å². The summed E-state index contributed by atoms with van der Waals surface area (Å²) in [5.41, 5.74) is 0.305. The van der Waals surface area contributed by atoms with Crippen LogP contribution < -0.4 is 5.32 Å². The Kier molecular flexibility index (Phi) is 5.13. The van der Waals surface area contributed by atoms with E-state index in [0.29, 0.717) is 5.41 Å². The fourth-order valence-corrected chi connectivity index (χ4v) is 1.07. The zero-order valence-corrected chi connectivity index (χ0v) is 9.92. The quantitative estimate of drug-likeness (QED) is 0.716. The van der Waals surface area contributed by atoms with Crippen molar-refractivity contribution < 1.29 is 9.90 Å². The van der Waals surface area contributed by atoms with Crippen LogP contribution in [0.2, 0.25) is 0 Å². The van der Waals surface area contributed by atoms with Crippen molar-refractivity contribution in [2.24, 2.45) is 11.3 Å². The maximum Gasteiger partial charge on any atom is 0.307 e. The Balaban J connectivity index is 3.75. The van der Waals surface area contributed by atoms with E-state index in [0.717, 1.165) is 13.0 Å². The van der Waals surface area contributed by atoms with Crippen molar-refractivity contribution in [3.05, 3.63) is 0 Å². The molecule has 0 aromatic rings. The predicted octanol–water partition coefficient (Wildman–Crippen LogP) is 2.12. The van der Waals surface area contributed by atoms with Crippen molar-refractivity contribution in [2.45, 2.75) is 47.1 Å². The van der Waals surface area contributed by atoms with Crippen molar-refractivity contribution in [2.75, 3.05) is 6.54 Å². The largest absolute Gasteiger partial charge is 0.481 e. The highest BCUT2D eigenvalue weighted by Crippen LogP contribution is 2.17. The van der Waals surface area contributed by atoms with Gasteiger partial charge >= 0.3 is 5.97 Å². The molecular weight excluding hydrogens is 178 g/mol. The van der Waals surface area contributed by atoms with E-state index >= 15 is 0 Å². The fourth-order valence-electron chi connectivity index (χ4n) is 1.07. The van der Waals surface area contributed by atoms with E-state index in [9.17, 15) is 4.79 Å². The molecule has 2 atom stereocenters. The van der Waals surface area contributed by atoms with Crippen molar-refractivity contribution in [1.82, 2.24) is 5.32 Å². The molecule has 0 saturated carbocycles. The lowest BCUT2D eigenvalue weighted by Crippen LogP contribution is -2.37. The molecule has 0 rings (SSSR count). The van der Waals surface area contributed by atoms with Gasteiger partial charge in [-0.1, -0.05) is 27.7 Å². The number of aliphatic carboxylic acids is 1. The van der Waals surface area contributed by atoms with Gasteiger partial charge < -0.3 is 10.4 Å². The summed E-state index contributed by atoms with van der Waals surface area (Å²) in [5, 5.41) is 12.0. The molecule has 3 nitrogen and oxygen atoms in total. The van der Waals surface area contributed by atoms with Crippen molar-refractivity contribution in [3.63, 3.8) is 0 Å². The Labute approximate surface area is 86.9 Å². The summed E-state index contributed by atoms with van der Waals surface area (Å²) in [6.07, 6.45) is 1.06. The van der Waals surface area contributed by atoms with Crippen LogP contribution in [0, 0.1) is 11.3 Å². The minimum absolute atomic E-state index is 0.0369. The Morgan fingerprint density at radius 2 is 1.86 bits per heavy atom. The van der Waals surface area contributed by atoms with E-state index in [1.807, 2.05) is 6.92 Å². The summed E-state index contributed by atoms with van der Waals surface area (Å²) >= 11 is 0. The minimum Gasteiger partial charge on any atom is -0.481 e. The first-order valence-electron chi connectivity index (χ1n) is 5.20. The third kappa shape index (κ3) is 5.97. The second kappa shape index (κ2) is 5.35. The lowest BCUT2D eigenvalue weighted by Gasteiger charge is -2.22. The average molecular weight is 201 g/mol. The maximum atomic E-state index is 10.7. The molecule has 0 aliphatic rings. The predicted molar refractivity (Wildman–Crippen MR) is 58.3 cm³/mol. The summed E-state index contributed by atoms with van der Waals surface area (Å²) < 4.78 is 0. The molecule has 0 aliphatic carbocycles. The zero-order chi connectivity index (χ0) is 11.4. The van der Waals surface area contributed by atoms with Crippen LogP contribution in [0.15, 0.2) is 0 Å². The van der Waals surface area contributed by atoms with Gasteiger partial charge in [-0.25, -0.2) is 0 Å². The van der Waals surface area contributed by atoms with Crippen molar-refractivity contribution in [1.29, 1.82) is 0 Å². The van der Waals surface area contributed by atoms with Gasteiger partial charge in [-0.3, -0.25) is 4.79 Å². The molecule has 0 spiro atoms. The normalized spacial score (nSPS) is 16.4. The van der Waals surface area contributed by atoms with Gasteiger partial charge in [0.2, 0.25) is 0 Å². The van der Waals surface area contributed by atoms with Gasteiger partial charge in [0.05, 0.1) is 5.92 Å². The van der Waals surface area contributed by atoms with Gasteiger partial charge in [0.1, 0.15) is 0 Å². The van der Waals surface area contributed by atoms with E-state index < -0.39 is 5.97 Å². The number of nitrogens with one attached hydrogen (secondary N) is 1. The molecule has 0 saturated heterocycles. The summed E-state index contributed by atoms with van der Waals surface area (Å²) in [5.74, 6) is -1.06. The molecular formula is C11H23NO2. The van der Waals surface area contributed by atoms with Gasteiger partial charge in [0.25, 0.3) is 0 Å². The molecule has 0 fully saturated rings. The molecule has 0 bridgehead atoms. The van der Waals surface area contributed by atoms with Gasteiger partial charge in [-0.2, -0.15) is 0 Å². The molecule has 0 aromatic heterocycles. The van der Waals surface area contributed by atoms with Gasteiger partial charge in [0.15, 0.2) is 0 Å². The van der Waals surface area contributed by atoms with E-state index in [-0.39, 0.29) is 12.0 Å². The number of carboxylic acid groups (broad SMARTS) is 1. The number of carbonyl (C=O) groups is 1. The molecule has 0 aliphatic heterocycles. The first kappa shape index (κ1) is 13.4.